The molecule has 0 amide bonds. The van der Waals surface area contributed by atoms with E-state index in [1.807, 2.05) is 12.1 Å². The van der Waals surface area contributed by atoms with Crippen molar-refractivity contribution in [3.63, 3.8) is 0 Å². The molecule has 0 bridgehead atoms. The predicted molar refractivity (Wildman–Crippen MR) is 198 cm³/mol. The third kappa shape index (κ3) is 8.17. The fourth-order valence-corrected chi connectivity index (χ4v) is 8.28. The second-order valence-electron chi connectivity index (χ2n) is 10.5. The van der Waals surface area contributed by atoms with Crippen LogP contribution >= 0.6 is 56.5 Å². The predicted octanol–water partition coefficient (Wildman–Crippen LogP) is 5.68. The molecule has 5 rings (SSSR count). The summed E-state index contributed by atoms with van der Waals surface area (Å²) in [4.78, 5) is 44.3. The fraction of sp³-hybridized carbons (Fsp3) is 0.257. The van der Waals surface area contributed by atoms with Crippen LogP contribution < -0.4 is 29.1 Å². The first-order valence-corrected chi connectivity index (χ1v) is 18.0. The van der Waals surface area contributed by atoms with Gasteiger partial charge in [0.05, 0.1) is 49.3 Å². The number of halogens is 3. The molecule has 0 saturated carbocycles. The van der Waals surface area contributed by atoms with Gasteiger partial charge in [0, 0.05) is 5.56 Å². The Bertz CT molecular complexity index is 2110. The summed E-state index contributed by atoms with van der Waals surface area (Å²) in [6.45, 7) is 5.39. The Kier molecular flexibility index (Phi) is 12.1. The van der Waals surface area contributed by atoms with Crippen LogP contribution in [0.1, 0.15) is 43.5 Å². The van der Waals surface area contributed by atoms with Gasteiger partial charge >= 0.3 is 11.9 Å². The van der Waals surface area contributed by atoms with E-state index in [0.29, 0.717) is 50.0 Å². The number of hydrogen-bond acceptors (Lipinski definition) is 10. The molecule has 256 valence electrons. The summed E-state index contributed by atoms with van der Waals surface area (Å²) in [7, 11) is 1.27. The Morgan fingerprint density at radius 3 is 2.41 bits per heavy atom. The van der Waals surface area contributed by atoms with Crippen molar-refractivity contribution in [3.05, 3.63) is 115 Å². The lowest BCUT2D eigenvalue weighted by Crippen LogP contribution is -2.40. The van der Waals surface area contributed by atoms with Crippen LogP contribution in [0, 0.1) is 13.0 Å². The minimum Gasteiger partial charge on any atom is -0.490 e. The molecule has 1 aliphatic rings. The van der Waals surface area contributed by atoms with Crippen LogP contribution in [-0.4, -0.2) is 43.4 Å². The molecule has 0 saturated heterocycles. The number of methoxy groups -OCH3 is 1. The molecule has 1 aromatic heterocycles. The summed E-state index contributed by atoms with van der Waals surface area (Å²) in [5.41, 5.74) is 2.04. The summed E-state index contributed by atoms with van der Waals surface area (Å²) in [5.74, 6) is -0.256. The average molecular weight is 913 g/mol. The number of allylic oxidation sites excluding steroid dienone is 1. The number of carbonyl (C=O) groups is 2. The highest BCUT2D eigenvalue weighted by Crippen LogP contribution is 2.37. The van der Waals surface area contributed by atoms with Crippen LogP contribution in [0.4, 0.5) is 4.39 Å². The minimum atomic E-state index is -0.888. The molecule has 1 atom stereocenters. The highest BCUT2D eigenvalue weighted by Gasteiger charge is 2.34. The smallest absolute Gasteiger partial charge is 0.343 e. The minimum absolute atomic E-state index is 0.0716. The number of fused-ring (bicyclic) bond motifs is 1. The molecule has 10 nitrogen and oxygen atoms in total. The van der Waals surface area contributed by atoms with Crippen molar-refractivity contribution in [1.82, 2.24) is 4.57 Å². The zero-order chi connectivity index (χ0) is 35.2. The maximum atomic E-state index is 14.2. The lowest BCUT2D eigenvalue weighted by Gasteiger charge is -2.25. The molecule has 4 aromatic rings. The number of ether oxygens (including phenoxy) is 5. The van der Waals surface area contributed by atoms with Crippen molar-refractivity contribution < 1.29 is 37.7 Å². The van der Waals surface area contributed by atoms with Gasteiger partial charge in [-0.25, -0.2) is 19.0 Å². The van der Waals surface area contributed by atoms with E-state index in [2.05, 4.69) is 54.9 Å². The third-order valence-electron chi connectivity index (χ3n) is 7.32. The lowest BCUT2D eigenvalue weighted by molar-refractivity contribution is -0.143. The topological polar surface area (TPSA) is 115 Å². The van der Waals surface area contributed by atoms with Crippen molar-refractivity contribution in [1.29, 1.82) is 0 Å². The highest BCUT2D eigenvalue weighted by molar-refractivity contribution is 14.1. The van der Waals surface area contributed by atoms with E-state index in [9.17, 15) is 18.8 Å². The molecule has 0 N–H and O–H groups in total. The van der Waals surface area contributed by atoms with Crippen molar-refractivity contribution in [2.75, 3.05) is 26.9 Å². The van der Waals surface area contributed by atoms with E-state index in [4.69, 9.17) is 18.9 Å². The average Bonchev–Trinajstić information content (AvgIpc) is 3.37. The summed E-state index contributed by atoms with van der Waals surface area (Å²) in [6.07, 6.45) is 1.77. The second kappa shape index (κ2) is 16.3. The summed E-state index contributed by atoms with van der Waals surface area (Å²) in [5, 5.41) is 0. The van der Waals surface area contributed by atoms with Gasteiger partial charge in [-0.05, 0) is 113 Å². The Balaban J connectivity index is 1.57. The molecular weight excluding hydrogens is 881 g/mol. The standard InChI is InChI=1S/C35H31FI2N2O8S/c1-5-45-27-16-21(11-12-26(27)47-18-29(41)44-4)31-30(34(43)46-6-2)19(3)39-35-40(31)33(42)28(49-35)15-20-13-24(37)32(25(38)14-20)48-17-22-9-7-8-10-23(22)36/h7-16,31H,5-6,17-18H2,1-4H3/b28-15-/t31-/m0/s1. The number of aromatic nitrogens is 1. The van der Waals surface area contributed by atoms with Gasteiger partial charge in [0.1, 0.15) is 18.2 Å². The zero-order valence-corrected chi connectivity index (χ0v) is 32.0. The summed E-state index contributed by atoms with van der Waals surface area (Å²) >= 11 is 5.52. The van der Waals surface area contributed by atoms with E-state index >= 15 is 0 Å². The zero-order valence-electron chi connectivity index (χ0n) is 26.9. The highest BCUT2D eigenvalue weighted by atomic mass is 127. The van der Waals surface area contributed by atoms with Crippen LogP contribution in [-0.2, 0) is 25.7 Å². The van der Waals surface area contributed by atoms with Gasteiger partial charge < -0.3 is 23.7 Å². The SMILES string of the molecule is CCOC(=O)C1=C(C)N=c2s/c(=C\c3cc(I)c(OCc4ccccc4F)c(I)c3)c(=O)n2[C@H]1c1ccc(OCC(=O)OC)c(OCC)c1. The first-order valence-electron chi connectivity index (χ1n) is 15.1. The van der Waals surface area contributed by atoms with Gasteiger partial charge in [0.25, 0.3) is 5.56 Å². The van der Waals surface area contributed by atoms with Crippen molar-refractivity contribution >= 4 is 74.5 Å². The van der Waals surface area contributed by atoms with E-state index in [-0.39, 0.29) is 36.8 Å². The molecule has 0 unspecified atom stereocenters. The number of benzene rings is 3. The monoisotopic (exact) mass is 912 g/mol. The van der Waals surface area contributed by atoms with E-state index < -0.39 is 18.0 Å². The molecule has 2 heterocycles. The summed E-state index contributed by atoms with van der Waals surface area (Å²) in [6, 6.07) is 14.3. The quantitative estimate of drug-likeness (QED) is 0.132. The molecule has 0 radical (unpaired) electrons. The Morgan fingerprint density at radius 2 is 1.73 bits per heavy atom. The maximum absolute atomic E-state index is 14.2. The van der Waals surface area contributed by atoms with E-state index in [1.54, 1.807) is 63.2 Å². The molecule has 0 aliphatic carbocycles. The molecule has 1 aliphatic heterocycles. The number of hydrogen-bond donors (Lipinski definition) is 0. The van der Waals surface area contributed by atoms with Crippen molar-refractivity contribution in [3.8, 4) is 17.2 Å². The first kappa shape index (κ1) is 36.5. The molecule has 49 heavy (non-hydrogen) atoms. The lowest BCUT2D eigenvalue weighted by atomic mass is 9.95. The van der Waals surface area contributed by atoms with E-state index in [0.717, 1.165) is 12.7 Å². The molecular formula is C35H31FI2N2O8S. The maximum Gasteiger partial charge on any atom is 0.343 e. The molecule has 14 heteroatoms. The second-order valence-corrected chi connectivity index (χ2v) is 13.8. The Morgan fingerprint density at radius 1 is 1.00 bits per heavy atom. The Hall–Kier alpha value is -3.77. The van der Waals surface area contributed by atoms with Gasteiger partial charge in [-0.1, -0.05) is 35.6 Å². The number of carbonyl (C=O) groups excluding carboxylic acids is 2. The number of thiazole rings is 1. The van der Waals surface area contributed by atoms with Gasteiger partial charge in [-0.3, -0.25) is 9.36 Å². The van der Waals surface area contributed by atoms with Gasteiger partial charge in [-0.2, -0.15) is 0 Å². The number of rotatable bonds is 12. The number of nitrogens with zero attached hydrogens (tertiary/aromatic N) is 2. The van der Waals surface area contributed by atoms with Crippen molar-refractivity contribution in [2.24, 2.45) is 4.99 Å². The van der Waals surface area contributed by atoms with Gasteiger partial charge in [0.2, 0.25) is 0 Å². The van der Waals surface area contributed by atoms with Gasteiger partial charge in [-0.15, -0.1) is 0 Å². The number of esters is 2. The third-order valence-corrected chi connectivity index (χ3v) is 9.91. The first-order chi connectivity index (χ1) is 23.6. The molecule has 0 spiro atoms. The van der Waals surface area contributed by atoms with Crippen LogP contribution in [0.2, 0.25) is 0 Å². The van der Waals surface area contributed by atoms with Crippen molar-refractivity contribution in [2.45, 2.75) is 33.4 Å². The summed E-state index contributed by atoms with van der Waals surface area (Å²) < 4.78 is 45.2. The van der Waals surface area contributed by atoms with Crippen LogP contribution in [0.15, 0.2) is 75.7 Å². The largest absolute Gasteiger partial charge is 0.490 e. The normalized spacial score (nSPS) is 14.2. The van der Waals surface area contributed by atoms with Crippen LogP contribution in [0.5, 0.6) is 17.2 Å². The van der Waals surface area contributed by atoms with Crippen LogP contribution in [0.3, 0.4) is 0 Å². The van der Waals surface area contributed by atoms with E-state index in [1.165, 1.54) is 29.1 Å². The fourth-order valence-electron chi connectivity index (χ4n) is 5.10. The van der Waals surface area contributed by atoms with Crippen LogP contribution in [0.25, 0.3) is 6.08 Å². The Labute approximate surface area is 312 Å². The van der Waals surface area contributed by atoms with Gasteiger partial charge in [0.15, 0.2) is 22.9 Å². The molecule has 0 fully saturated rings. The molecule has 3 aromatic carbocycles.